The third-order valence-corrected chi connectivity index (χ3v) is 5.70. The first-order chi connectivity index (χ1) is 9.20. The summed E-state index contributed by atoms with van der Waals surface area (Å²) >= 11 is 7.94. The standard InChI is InChI=1S/C12H16BrFN2O2S2/c1-3-16(7-8(2)12(15)19)20(17,18)11-5-4-9(13)6-10(11)14/h4-6,8H,3,7H2,1-2H3,(H2,15,19). The van der Waals surface area contributed by atoms with Gasteiger partial charge in [0, 0.05) is 23.5 Å². The van der Waals surface area contributed by atoms with Crippen LogP contribution in [0.25, 0.3) is 0 Å². The van der Waals surface area contributed by atoms with Crippen molar-refractivity contribution in [2.24, 2.45) is 11.7 Å². The molecule has 20 heavy (non-hydrogen) atoms. The topological polar surface area (TPSA) is 63.4 Å². The quantitative estimate of drug-likeness (QED) is 0.767. The Bertz CT molecular complexity index is 607. The summed E-state index contributed by atoms with van der Waals surface area (Å²) in [5, 5.41) is 0. The molecule has 0 heterocycles. The summed E-state index contributed by atoms with van der Waals surface area (Å²) in [7, 11) is -3.90. The highest BCUT2D eigenvalue weighted by Gasteiger charge is 2.28. The Balaban J connectivity index is 3.15. The van der Waals surface area contributed by atoms with Gasteiger partial charge in [0.1, 0.15) is 10.7 Å². The molecule has 112 valence electrons. The smallest absolute Gasteiger partial charge is 0.245 e. The summed E-state index contributed by atoms with van der Waals surface area (Å²) < 4.78 is 40.4. The third kappa shape index (κ3) is 3.97. The molecule has 2 N–H and O–H groups in total. The predicted octanol–water partition coefficient (Wildman–Crippen LogP) is 2.52. The Kier molecular flexibility index (Phi) is 6.06. The highest BCUT2D eigenvalue weighted by molar-refractivity contribution is 9.10. The number of hydrogen-bond donors (Lipinski definition) is 1. The molecular formula is C12H16BrFN2O2S2. The average Bonchev–Trinajstić information content (AvgIpc) is 2.34. The first kappa shape index (κ1) is 17.5. The molecule has 1 atom stereocenters. The second-order valence-electron chi connectivity index (χ2n) is 4.33. The molecule has 0 saturated carbocycles. The van der Waals surface area contributed by atoms with Crippen molar-refractivity contribution in [2.45, 2.75) is 18.7 Å². The molecule has 4 nitrogen and oxygen atoms in total. The zero-order valence-corrected chi connectivity index (χ0v) is 14.4. The van der Waals surface area contributed by atoms with Crippen LogP contribution in [0, 0.1) is 11.7 Å². The summed E-state index contributed by atoms with van der Waals surface area (Å²) in [6, 6.07) is 3.85. The molecule has 1 aromatic rings. The van der Waals surface area contributed by atoms with Crippen molar-refractivity contribution in [1.29, 1.82) is 0 Å². The molecule has 1 aromatic carbocycles. The van der Waals surface area contributed by atoms with Gasteiger partial charge >= 0.3 is 0 Å². The van der Waals surface area contributed by atoms with Crippen LogP contribution in [-0.2, 0) is 10.0 Å². The number of nitrogens with two attached hydrogens (primary N) is 1. The minimum Gasteiger partial charge on any atom is -0.393 e. The maximum atomic E-state index is 13.9. The van der Waals surface area contributed by atoms with Gasteiger partial charge in [-0.2, -0.15) is 4.31 Å². The maximum Gasteiger partial charge on any atom is 0.245 e. The molecule has 0 saturated heterocycles. The third-order valence-electron chi connectivity index (χ3n) is 2.83. The van der Waals surface area contributed by atoms with Crippen molar-refractivity contribution >= 4 is 43.2 Å². The lowest BCUT2D eigenvalue weighted by atomic mass is 10.2. The number of halogens is 2. The Morgan fingerprint density at radius 2 is 2.15 bits per heavy atom. The van der Waals surface area contributed by atoms with Gasteiger partial charge in [-0.15, -0.1) is 0 Å². The molecule has 0 spiro atoms. The van der Waals surface area contributed by atoms with Crippen LogP contribution < -0.4 is 5.73 Å². The summed E-state index contributed by atoms with van der Waals surface area (Å²) in [4.78, 5) is -0.118. The van der Waals surface area contributed by atoms with Crippen molar-refractivity contribution in [3.63, 3.8) is 0 Å². The molecular weight excluding hydrogens is 367 g/mol. The van der Waals surface area contributed by atoms with Crippen LogP contribution in [0.15, 0.2) is 27.6 Å². The fraction of sp³-hybridized carbons (Fsp3) is 0.417. The van der Waals surface area contributed by atoms with Gasteiger partial charge in [-0.05, 0) is 18.2 Å². The second kappa shape index (κ2) is 6.93. The SMILES string of the molecule is CCN(CC(C)C(N)=S)S(=O)(=O)c1ccc(Br)cc1F. The van der Waals surface area contributed by atoms with Gasteiger partial charge in [0.05, 0.1) is 4.99 Å². The molecule has 8 heteroatoms. The van der Waals surface area contributed by atoms with E-state index in [4.69, 9.17) is 18.0 Å². The number of rotatable bonds is 6. The van der Waals surface area contributed by atoms with Gasteiger partial charge in [-0.25, -0.2) is 12.8 Å². The molecule has 0 aromatic heterocycles. The second-order valence-corrected chi connectivity index (χ2v) is 7.63. The minimum absolute atomic E-state index is 0.129. The van der Waals surface area contributed by atoms with E-state index in [-0.39, 0.29) is 28.9 Å². The normalized spacial score (nSPS) is 13.4. The van der Waals surface area contributed by atoms with Crippen molar-refractivity contribution in [3.8, 4) is 0 Å². The van der Waals surface area contributed by atoms with Crippen molar-refractivity contribution < 1.29 is 12.8 Å². The van der Waals surface area contributed by atoms with E-state index in [1.807, 2.05) is 0 Å². The van der Waals surface area contributed by atoms with Crippen LogP contribution in [0.1, 0.15) is 13.8 Å². The van der Waals surface area contributed by atoms with E-state index in [1.54, 1.807) is 13.8 Å². The Hall–Kier alpha value is -0.570. The van der Waals surface area contributed by atoms with E-state index in [9.17, 15) is 12.8 Å². The van der Waals surface area contributed by atoms with Gasteiger partial charge < -0.3 is 5.73 Å². The molecule has 0 fully saturated rings. The Labute approximate surface area is 132 Å². The van der Waals surface area contributed by atoms with Crippen molar-refractivity contribution in [2.75, 3.05) is 13.1 Å². The van der Waals surface area contributed by atoms with Crippen LogP contribution in [-0.4, -0.2) is 30.8 Å². The van der Waals surface area contributed by atoms with Gasteiger partial charge in [-0.3, -0.25) is 0 Å². The van der Waals surface area contributed by atoms with E-state index in [0.717, 1.165) is 6.07 Å². The lowest BCUT2D eigenvalue weighted by Crippen LogP contribution is -2.38. The number of sulfonamides is 1. The molecule has 0 aliphatic heterocycles. The van der Waals surface area contributed by atoms with E-state index in [0.29, 0.717) is 4.47 Å². The van der Waals surface area contributed by atoms with E-state index >= 15 is 0 Å². The fourth-order valence-corrected chi connectivity index (χ4v) is 3.61. The maximum absolute atomic E-state index is 13.9. The van der Waals surface area contributed by atoms with Crippen LogP contribution >= 0.6 is 28.1 Å². The first-order valence-electron chi connectivity index (χ1n) is 5.94. The number of hydrogen-bond acceptors (Lipinski definition) is 3. The monoisotopic (exact) mass is 382 g/mol. The first-order valence-corrected chi connectivity index (χ1v) is 8.58. The average molecular weight is 383 g/mol. The van der Waals surface area contributed by atoms with E-state index in [1.165, 1.54) is 16.4 Å². The van der Waals surface area contributed by atoms with Gasteiger partial charge in [0.25, 0.3) is 0 Å². The summed E-state index contributed by atoms with van der Waals surface area (Å²) in [5.41, 5.74) is 5.50. The van der Waals surface area contributed by atoms with Gasteiger partial charge in [0.2, 0.25) is 10.0 Å². The van der Waals surface area contributed by atoms with Crippen LogP contribution in [0.2, 0.25) is 0 Å². The van der Waals surface area contributed by atoms with Crippen LogP contribution in [0.5, 0.6) is 0 Å². The summed E-state index contributed by atoms with van der Waals surface area (Å²) in [5.74, 6) is -1.07. The van der Waals surface area contributed by atoms with Gasteiger partial charge in [-0.1, -0.05) is 42.0 Å². The number of benzene rings is 1. The molecule has 1 rings (SSSR count). The highest BCUT2D eigenvalue weighted by atomic mass is 79.9. The Morgan fingerprint density at radius 3 is 2.60 bits per heavy atom. The number of thiocarbonyl (C=S) groups is 1. The predicted molar refractivity (Wildman–Crippen MR) is 84.5 cm³/mol. The molecule has 1 unspecified atom stereocenters. The lowest BCUT2D eigenvalue weighted by Gasteiger charge is -2.23. The van der Waals surface area contributed by atoms with E-state index in [2.05, 4.69) is 15.9 Å². The molecule has 0 aliphatic carbocycles. The Morgan fingerprint density at radius 1 is 1.55 bits per heavy atom. The zero-order chi connectivity index (χ0) is 15.5. The molecule has 0 amide bonds. The summed E-state index contributed by atoms with van der Waals surface area (Å²) in [6.45, 7) is 3.76. The number of nitrogens with zero attached hydrogens (tertiary/aromatic N) is 1. The van der Waals surface area contributed by atoms with Crippen molar-refractivity contribution in [3.05, 3.63) is 28.5 Å². The fourth-order valence-electron chi connectivity index (χ4n) is 1.62. The van der Waals surface area contributed by atoms with E-state index < -0.39 is 15.8 Å². The molecule has 0 radical (unpaired) electrons. The van der Waals surface area contributed by atoms with Crippen molar-refractivity contribution in [1.82, 2.24) is 4.31 Å². The van der Waals surface area contributed by atoms with Gasteiger partial charge in [0.15, 0.2) is 0 Å². The minimum atomic E-state index is -3.90. The summed E-state index contributed by atoms with van der Waals surface area (Å²) in [6.07, 6.45) is 0. The lowest BCUT2D eigenvalue weighted by molar-refractivity contribution is 0.402. The molecule has 0 bridgehead atoms. The zero-order valence-electron chi connectivity index (χ0n) is 11.1. The largest absolute Gasteiger partial charge is 0.393 e. The highest BCUT2D eigenvalue weighted by Crippen LogP contribution is 2.23. The molecule has 0 aliphatic rings. The van der Waals surface area contributed by atoms with Crippen LogP contribution in [0.4, 0.5) is 4.39 Å². The van der Waals surface area contributed by atoms with Crippen LogP contribution in [0.3, 0.4) is 0 Å².